The summed E-state index contributed by atoms with van der Waals surface area (Å²) in [5.41, 5.74) is 0.0482. The first-order valence-electron chi connectivity index (χ1n) is 6.21. The summed E-state index contributed by atoms with van der Waals surface area (Å²) in [6.45, 7) is 7.52. The van der Waals surface area contributed by atoms with Crippen LogP contribution in [-0.4, -0.2) is 48.7 Å². The normalized spacial score (nSPS) is 27.6. The van der Waals surface area contributed by atoms with Crippen molar-refractivity contribution in [2.45, 2.75) is 44.7 Å². The van der Waals surface area contributed by atoms with Gasteiger partial charge in [0, 0.05) is 31.1 Å². The van der Waals surface area contributed by atoms with Gasteiger partial charge in [-0.05, 0) is 26.7 Å². The van der Waals surface area contributed by atoms with Crippen LogP contribution in [0, 0.1) is 0 Å². The third kappa shape index (κ3) is 3.57. The maximum Gasteiger partial charge on any atom is 0.224 e. The molecule has 0 aromatic heterocycles. The van der Waals surface area contributed by atoms with Crippen molar-refractivity contribution in [2.75, 3.05) is 26.3 Å². The number of amides is 1. The maximum absolute atomic E-state index is 12.2. The minimum Gasteiger partial charge on any atom is -0.378 e. The fourth-order valence-electron chi connectivity index (χ4n) is 2.64. The lowest BCUT2D eigenvalue weighted by molar-refractivity contribution is -0.135. The van der Waals surface area contributed by atoms with E-state index in [0.717, 1.165) is 32.5 Å². The number of rotatable bonds is 2. The first-order chi connectivity index (χ1) is 7.59. The molecule has 1 amide bonds. The van der Waals surface area contributed by atoms with Crippen LogP contribution in [0.3, 0.4) is 0 Å². The summed E-state index contributed by atoms with van der Waals surface area (Å²) in [7, 11) is 0. The molecule has 2 rings (SSSR count). The Labute approximate surface area is 109 Å². The van der Waals surface area contributed by atoms with Gasteiger partial charge in [0.2, 0.25) is 5.91 Å². The number of likely N-dealkylation sites (tertiary alicyclic amines) is 1. The summed E-state index contributed by atoms with van der Waals surface area (Å²) in [6, 6.07) is 0.206. The Morgan fingerprint density at radius 3 is 2.82 bits per heavy atom. The number of carbonyl (C=O) groups is 1. The topological polar surface area (TPSA) is 41.6 Å². The van der Waals surface area contributed by atoms with Crippen LogP contribution in [0.15, 0.2) is 0 Å². The van der Waals surface area contributed by atoms with Gasteiger partial charge in [0.25, 0.3) is 0 Å². The van der Waals surface area contributed by atoms with Crippen LogP contribution < -0.4 is 5.32 Å². The van der Waals surface area contributed by atoms with E-state index in [9.17, 15) is 4.79 Å². The van der Waals surface area contributed by atoms with Gasteiger partial charge in [0.1, 0.15) is 0 Å². The van der Waals surface area contributed by atoms with Gasteiger partial charge in [-0.2, -0.15) is 0 Å². The number of hydrogen-bond donors (Lipinski definition) is 1. The quantitative estimate of drug-likeness (QED) is 0.813. The summed E-state index contributed by atoms with van der Waals surface area (Å²) < 4.78 is 5.36. The van der Waals surface area contributed by atoms with Crippen molar-refractivity contribution >= 4 is 18.3 Å². The van der Waals surface area contributed by atoms with Crippen LogP contribution in [0.1, 0.15) is 33.1 Å². The Kier molecular flexibility index (Phi) is 5.22. The lowest BCUT2D eigenvalue weighted by atomic mass is 10.0. The summed E-state index contributed by atoms with van der Waals surface area (Å²) in [5.74, 6) is 0.269. The van der Waals surface area contributed by atoms with Gasteiger partial charge in [0.15, 0.2) is 0 Å². The molecule has 0 spiro atoms. The maximum atomic E-state index is 12.2. The zero-order valence-corrected chi connectivity index (χ0v) is 11.5. The standard InChI is InChI=1S/C12H22N2O2.ClH/c1-12(2)4-3-6-14(12)11(15)8-10-9-16-7-5-13-10;/h10,13H,3-9H2,1-2H3;1H. The highest BCUT2D eigenvalue weighted by atomic mass is 35.5. The number of nitrogens with zero attached hydrogens (tertiary/aromatic N) is 1. The van der Waals surface area contributed by atoms with Crippen molar-refractivity contribution in [3.63, 3.8) is 0 Å². The Hall–Kier alpha value is -0.320. The third-order valence-electron chi connectivity index (χ3n) is 3.62. The fraction of sp³-hybridized carbons (Fsp3) is 0.917. The van der Waals surface area contributed by atoms with Crippen LogP contribution in [0.2, 0.25) is 0 Å². The van der Waals surface area contributed by atoms with E-state index in [1.54, 1.807) is 0 Å². The number of nitrogens with one attached hydrogen (secondary N) is 1. The number of morpholine rings is 1. The first kappa shape index (κ1) is 14.7. The molecule has 1 N–H and O–H groups in total. The highest BCUT2D eigenvalue weighted by Gasteiger charge is 2.35. The first-order valence-corrected chi connectivity index (χ1v) is 6.21. The SMILES string of the molecule is CC1(C)CCCN1C(=O)CC1COCCN1.Cl. The second kappa shape index (κ2) is 6.03. The number of ether oxygens (including phenoxy) is 1. The van der Waals surface area contributed by atoms with Crippen molar-refractivity contribution in [1.29, 1.82) is 0 Å². The molecule has 17 heavy (non-hydrogen) atoms. The van der Waals surface area contributed by atoms with Gasteiger partial charge in [-0.15, -0.1) is 12.4 Å². The van der Waals surface area contributed by atoms with Crippen LogP contribution in [-0.2, 0) is 9.53 Å². The van der Waals surface area contributed by atoms with Crippen molar-refractivity contribution in [3.8, 4) is 0 Å². The van der Waals surface area contributed by atoms with E-state index >= 15 is 0 Å². The molecule has 1 atom stereocenters. The van der Waals surface area contributed by atoms with E-state index in [2.05, 4.69) is 19.2 Å². The average Bonchev–Trinajstić information content (AvgIpc) is 2.59. The summed E-state index contributed by atoms with van der Waals surface area (Å²) >= 11 is 0. The molecule has 0 saturated carbocycles. The molecule has 2 fully saturated rings. The molecule has 100 valence electrons. The molecule has 0 bridgehead atoms. The smallest absolute Gasteiger partial charge is 0.224 e. The molecular weight excluding hydrogens is 240 g/mol. The monoisotopic (exact) mass is 262 g/mol. The predicted octanol–water partition coefficient (Wildman–Crippen LogP) is 1.19. The molecule has 5 heteroatoms. The van der Waals surface area contributed by atoms with Crippen LogP contribution in [0.25, 0.3) is 0 Å². The Morgan fingerprint density at radius 2 is 2.29 bits per heavy atom. The lowest BCUT2D eigenvalue weighted by Crippen LogP contribution is -2.48. The summed E-state index contributed by atoms with van der Waals surface area (Å²) in [4.78, 5) is 14.2. The molecule has 4 nitrogen and oxygen atoms in total. The van der Waals surface area contributed by atoms with Crippen molar-refractivity contribution in [3.05, 3.63) is 0 Å². The molecule has 2 aliphatic heterocycles. The molecule has 0 aromatic carbocycles. The van der Waals surface area contributed by atoms with E-state index in [4.69, 9.17) is 4.74 Å². The second-order valence-corrected chi connectivity index (χ2v) is 5.39. The Bertz CT molecular complexity index is 265. The molecule has 2 aliphatic rings. The molecule has 1 unspecified atom stereocenters. The van der Waals surface area contributed by atoms with Gasteiger partial charge in [0.05, 0.1) is 13.2 Å². The van der Waals surface area contributed by atoms with Gasteiger partial charge in [-0.25, -0.2) is 0 Å². The van der Waals surface area contributed by atoms with Crippen LogP contribution in [0.4, 0.5) is 0 Å². The van der Waals surface area contributed by atoms with Crippen LogP contribution >= 0.6 is 12.4 Å². The zero-order chi connectivity index (χ0) is 11.6. The molecular formula is C12H23ClN2O2. The lowest BCUT2D eigenvalue weighted by Gasteiger charge is -2.33. The minimum absolute atomic E-state index is 0. The van der Waals surface area contributed by atoms with Gasteiger partial charge < -0.3 is 15.0 Å². The number of halogens is 1. The average molecular weight is 263 g/mol. The highest BCUT2D eigenvalue weighted by molar-refractivity contribution is 5.85. The van der Waals surface area contributed by atoms with Gasteiger partial charge in [-0.1, -0.05) is 0 Å². The summed E-state index contributed by atoms with van der Waals surface area (Å²) in [5, 5.41) is 3.33. The van der Waals surface area contributed by atoms with Crippen molar-refractivity contribution < 1.29 is 9.53 Å². The van der Waals surface area contributed by atoms with Crippen LogP contribution in [0.5, 0.6) is 0 Å². The third-order valence-corrected chi connectivity index (χ3v) is 3.62. The van der Waals surface area contributed by atoms with Crippen molar-refractivity contribution in [2.24, 2.45) is 0 Å². The molecule has 0 aliphatic carbocycles. The Morgan fingerprint density at radius 1 is 1.53 bits per heavy atom. The van der Waals surface area contributed by atoms with E-state index in [1.807, 2.05) is 4.90 Å². The largest absolute Gasteiger partial charge is 0.378 e. The van der Waals surface area contributed by atoms with Crippen molar-refractivity contribution in [1.82, 2.24) is 10.2 Å². The van der Waals surface area contributed by atoms with Gasteiger partial charge in [-0.3, -0.25) is 4.79 Å². The second-order valence-electron chi connectivity index (χ2n) is 5.39. The Balaban J connectivity index is 0.00000144. The zero-order valence-electron chi connectivity index (χ0n) is 10.7. The summed E-state index contributed by atoms with van der Waals surface area (Å²) in [6.07, 6.45) is 2.82. The van der Waals surface area contributed by atoms with E-state index in [1.165, 1.54) is 0 Å². The number of hydrogen-bond acceptors (Lipinski definition) is 3. The molecule has 0 radical (unpaired) electrons. The molecule has 2 saturated heterocycles. The van der Waals surface area contributed by atoms with E-state index in [0.29, 0.717) is 13.0 Å². The van der Waals surface area contributed by atoms with Gasteiger partial charge >= 0.3 is 0 Å². The minimum atomic E-state index is 0. The molecule has 0 aromatic rings. The number of carbonyl (C=O) groups excluding carboxylic acids is 1. The van der Waals surface area contributed by atoms with E-state index < -0.39 is 0 Å². The highest BCUT2D eigenvalue weighted by Crippen LogP contribution is 2.28. The molecule has 2 heterocycles. The predicted molar refractivity (Wildman–Crippen MR) is 69.5 cm³/mol. The fourth-order valence-corrected chi connectivity index (χ4v) is 2.64. The van der Waals surface area contributed by atoms with E-state index in [-0.39, 0.29) is 29.9 Å².